The molecule has 0 aromatic heterocycles. The summed E-state index contributed by atoms with van der Waals surface area (Å²) in [6.45, 7) is 3.68. The average Bonchev–Trinajstić information content (AvgIpc) is 3.38. The number of carbonyl (C=O) groups is 1. The van der Waals surface area contributed by atoms with Crippen molar-refractivity contribution in [2.45, 2.75) is 30.6 Å². The molecular weight excluding hydrogens is 368 g/mol. The lowest BCUT2D eigenvalue weighted by Crippen LogP contribution is -2.44. The normalized spacial score (nSPS) is 22.1. The van der Waals surface area contributed by atoms with Crippen molar-refractivity contribution in [3.8, 4) is 0 Å². The Morgan fingerprint density at radius 2 is 1.79 bits per heavy atom. The third-order valence-electron chi connectivity index (χ3n) is 6.71. The summed E-state index contributed by atoms with van der Waals surface area (Å²) >= 11 is 0. The summed E-state index contributed by atoms with van der Waals surface area (Å²) in [5.41, 5.74) is 5.04. The first-order valence-electron chi connectivity index (χ1n) is 10.1. The van der Waals surface area contributed by atoms with Crippen LogP contribution in [0.5, 0.6) is 0 Å². The zero-order valence-electron chi connectivity index (χ0n) is 16.1. The van der Waals surface area contributed by atoms with E-state index in [1.54, 1.807) is 0 Å². The van der Waals surface area contributed by atoms with Gasteiger partial charge in [0.05, 0.1) is 0 Å². The number of amides is 1. The van der Waals surface area contributed by atoms with E-state index >= 15 is 0 Å². The highest BCUT2D eigenvalue weighted by atomic mass is 35.5. The van der Waals surface area contributed by atoms with Gasteiger partial charge >= 0.3 is 0 Å². The molecule has 2 heterocycles. The Balaban J connectivity index is 0.00000192. The lowest BCUT2D eigenvalue weighted by Gasteiger charge is -2.39. The summed E-state index contributed by atoms with van der Waals surface area (Å²) in [4.78, 5) is 15.4. The Morgan fingerprint density at radius 1 is 1.04 bits per heavy atom. The highest BCUT2D eigenvalue weighted by molar-refractivity contribution is 5.96. The Bertz CT molecular complexity index is 893. The second-order valence-electron chi connectivity index (χ2n) is 8.15. The van der Waals surface area contributed by atoms with E-state index in [-0.39, 0.29) is 23.7 Å². The predicted molar refractivity (Wildman–Crippen MR) is 116 cm³/mol. The first kappa shape index (κ1) is 19.2. The molecule has 4 heteroatoms. The Labute approximate surface area is 173 Å². The number of carbonyl (C=O) groups excluding carboxylic acids is 1. The summed E-state index contributed by atoms with van der Waals surface area (Å²) in [5, 5.41) is 3.43. The number of fused-ring (bicyclic) bond motifs is 2. The summed E-state index contributed by atoms with van der Waals surface area (Å²) in [6, 6.07) is 16.9. The zero-order valence-corrected chi connectivity index (χ0v) is 16.9. The van der Waals surface area contributed by atoms with Crippen LogP contribution in [0.25, 0.3) is 6.08 Å². The van der Waals surface area contributed by atoms with Crippen LogP contribution in [0.4, 0.5) is 0 Å². The molecule has 2 aromatic rings. The number of likely N-dealkylation sites (tertiary alicyclic amines) is 1. The molecule has 2 aromatic carbocycles. The highest BCUT2D eigenvalue weighted by Gasteiger charge is 2.39. The SMILES string of the molecule is Cl.O=C(c1ccccc1C1CCNC1)N1CCC2(C=Cc3ccccc32)CC1. The standard InChI is InChI=1S/C24H26N2O.ClH/c27-23(21-7-3-2-6-20(21)19-10-14-25-17-19)26-15-12-24(13-16-26)11-9-18-5-1-4-8-22(18)24;/h1-9,11,19,25H,10,12-17H2;1H. The molecule has 2 fully saturated rings. The average molecular weight is 395 g/mol. The zero-order chi connectivity index (χ0) is 18.3. The number of nitrogens with zero attached hydrogens (tertiary/aromatic N) is 1. The van der Waals surface area contributed by atoms with Gasteiger partial charge in [-0.1, -0.05) is 54.6 Å². The third kappa shape index (κ3) is 3.17. The Morgan fingerprint density at radius 3 is 2.57 bits per heavy atom. The minimum atomic E-state index is 0. The molecule has 1 spiro atoms. The number of piperidine rings is 1. The quantitative estimate of drug-likeness (QED) is 0.819. The summed E-state index contributed by atoms with van der Waals surface area (Å²) in [7, 11) is 0. The smallest absolute Gasteiger partial charge is 0.254 e. The minimum Gasteiger partial charge on any atom is -0.339 e. The van der Waals surface area contributed by atoms with Gasteiger partial charge in [-0.2, -0.15) is 0 Å². The maximum absolute atomic E-state index is 13.3. The van der Waals surface area contributed by atoms with E-state index in [0.717, 1.165) is 51.0 Å². The highest BCUT2D eigenvalue weighted by Crippen LogP contribution is 2.43. The van der Waals surface area contributed by atoms with Crippen molar-refractivity contribution in [1.82, 2.24) is 10.2 Å². The molecule has 3 nitrogen and oxygen atoms in total. The molecule has 2 aliphatic heterocycles. The molecule has 0 radical (unpaired) electrons. The van der Waals surface area contributed by atoms with Gasteiger partial charge in [0.15, 0.2) is 0 Å². The Kier molecular flexibility index (Phi) is 5.31. The lowest BCUT2D eigenvalue weighted by atomic mass is 9.74. The van der Waals surface area contributed by atoms with Crippen molar-refractivity contribution in [1.29, 1.82) is 0 Å². The van der Waals surface area contributed by atoms with Crippen LogP contribution in [-0.4, -0.2) is 37.0 Å². The van der Waals surface area contributed by atoms with Gasteiger partial charge in [0, 0.05) is 30.6 Å². The second kappa shape index (κ2) is 7.73. The molecular formula is C24H27ClN2O. The number of allylic oxidation sites excluding steroid dienone is 1. The predicted octanol–water partition coefficient (Wildman–Crippen LogP) is 4.39. The van der Waals surface area contributed by atoms with Crippen molar-refractivity contribution < 1.29 is 4.79 Å². The molecule has 1 atom stereocenters. The molecule has 2 saturated heterocycles. The van der Waals surface area contributed by atoms with Crippen LogP contribution in [0.15, 0.2) is 54.6 Å². The summed E-state index contributed by atoms with van der Waals surface area (Å²) in [5.74, 6) is 0.675. The van der Waals surface area contributed by atoms with Crippen LogP contribution in [-0.2, 0) is 5.41 Å². The molecule has 1 aliphatic carbocycles. The van der Waals surface area contributed by atoms with Crippen LogP contribution < -0.4 is 5.32 Å². The second-order valence-corrected chi connectivity index (χ2v) is 8.15. The van der Waals surface area contributed by atoms with Gasteiger partial charge in [-0.05, 0) is 54.5 Å². The van der Waals surface area contributed by atoms with E-state index in [1.165, 1.54) is 16.7 Å². The van der Waals surface area contributed by atoms with E-state index in [2.05, 4.69) is 58.8 Å². The molecule has 3 aliphatic rings. The van der Waals surface area contributed by atoms with Crippen LogP contribution in [0.1, 0.15) is 52.2 Å². The number of hydrogen-bond donors (Lipinski definition) is 1. The minimum absolute atomic E-state index is 0. The molecule has 1 amide bonds. The molecule has 146 valence electrons. The van der Waals surface area contributed by atoms with Crippen molar-refractivity contribution in [3.63, 3.8) is 0 Å². The van der Waals surface area contributed by atoms with Gasteiger partial charge in [0.25, 0.3) is 5.91 Å². The number of benzene rings is 2. The Hall–Kier alpha value is -2.10. The van der Waals surface area contributed by atoms with E-state index in [9.17, 15) is 4.79 Å². The summed E-state index contributed by atoms with van der Waals surface area (Å²) in [6.07, 6.45) is 7.78. The topological polar surface area (TPSA) is 32.3 Å². The monoisotopic (exact) mass is 394 g/mol. The van der Waals surface area contributed by atoms with E-state index < -0.39 is 0 Å². The van der Waals surface area contributed by atoms with Crippen LogP contribution >= 0.6 is 12.4 Å². The fraction of sp³-hybridized carbons (Fsp3) is 0.375. The number of halogens is 1. The van der Waals surface area contributed by atoms with Gasteiger partial charge < -0.3 is 10.2 Å². The van der Waals surface area contributed by atoms with E-state index in [0.29, 0.717) is 5.92 Å². The van der Waals surface area contributed by atoms with Gasteiger partial charge in [-0.15, -0.1) is 12.4 Å². The molecule has 0 saturated carbocycles. The first-order valence-corrected chi connectivity index (χ1v) is 10.1. The summed E-state index contributed by atoms with van der Waals surface area (Å²) < 4.78 is 0. The molecule has 5 rings (SSSR count). The van der Waals surface area contributed by atoms with E-state index in [4.69, 9.17) is 0 Å². The maximum atomic E-state index is 13.3. The molecule has 1 N–H and O–H groups in total. The number of nitrogens with one attached hydrogen (secondary N) is 1. The maximum Gasteiger partial charge on any atom is 0.254 e. The molecule has 1 unspecified atom stereocenters. The van der Waals surface area contributed by atoms with Gasteiger partial charge in [0.1, 0.15) is 0 Å². The van der Waals surface area contributed by atoms with Gasteiger partial charge in [-0.3, -0.25) is 4.79 Å². The van der Waals surface area contributed by atoms with Crippen LogP contribution in [0.2, 0.25) is 0 Å². The fourth-order valence-corrected chi connectivity index (χ4v) is 5.12. The van der Waals surface area contributed by atoms with Crippen molar-refractivity contribution >= 4 is 24.4 Å². The van der Waals surface area contributed by atoms with Crippen LogP contribution in [0, 0.1) is 0 Å². The van der Waals surface area contributed by atoms with Crippen LogP contribution in [0.3, 0.4) is 0 Å². The van der Waals surface area contributed by atoms with Gasteiger partial charge in [-0.25, -0.2) is 0 Å². The first-order chi connectivity index (χ1) is 13.3. The number of hydrogen-bond acceptors (Lipinski definition) is 2. The molecule has 28 heavy (non-hydrogen) atoms. The van der Waals surface area contributed by atoms with E-state index in [1.807, 2.05) is 12.1 Å². The lowest BCUT2D eigenvalue weighted by molar-refractivity contribution is 0.0689. The van der Waals surface area contributed by atoms with Crippen molar-refractivity contribution in [3.05, 3.63) is 76.9 Å². The van der Waals surface area contributed by atoms with Gasteiger partial charge in [0.2, 0.25) is 0 Å². The third-order valence-corrected chi connectivity index (χ3v) is 6.71. The number of rotatable bonds is 2. The van der Waals surface area contributed by atoms with Crippen molar-refractivity contribution in [2.75, 3.05) is 26.2 Å². The molecule has 0 bridgehead atoms. The largest absolute Gasteiger partial charge is 0.339 e. The van der Waals surface area contributed by atoms with Crippen molar-refractivity contribution in [2.24, 2.45) is 0 Å². The fourth-order valence-electron chi connectivity index (χ4n) is 5.12.